The molecule has 0 radical (unpaired) electrons. The van der Waals surface area contributed by atoms with Crippen LogP contribution in [0.1, 0.15) is 13.3 Å². The molecule has 0 aromatic carbocycles. The number of aliphatic carboxylic acids is 1. The van der Waals surface area contributed by atoms with E-state index in [0.717, 1.165) is 0 Å². The first-order chi connectivity index (χ1) is 9.87. The fourth-order valence-corrected chi connectivity index (χ4v) is 4.30. The van der Waals surface area contributed by atoms with Gasteiger partial charge in [-0.1, -0.05) is 6.92 Å². The second-order valence-electron chi connectivity index (χ2n) is 5.18. The van der Waals surface area contributed by atoms with Crippen LogP contribution in [0.3, 0.4) is 0 Å². The molecule has 0 spiro atoms. The van der Waals surface area contributed by atoms with E-state index in [1.54, 1.807) is 17.8 Å². The summed E-state index contributed by atoms with van der Waals surface area (Å²) in [6, 6.07) is 0.858. The van der Waals surface area contributed by atoms with Crippen molar-refractivity contribution in [2.24, 2.45) is 13.0 Å². The molecule has 0 saturated carbocycles. The van der Waals surface area contributed by atoms with Crippen LogP contribution in [0.4, 0.5) is 0 Å². The van der Waals surface area contributed by atoms with Crippen molar-refractivity contribution >= 4 is 16.0 Å². The summed E-state index contributed by atoms with van der Waals surface area (Å²) in [4.78, 5) is 11.5. The molecule has 0 amide bonds. The molecule has 1 fully saturated rings. The van der Waals surface area contributed by atoms with Crippen molar-refractivity contribution < 1.29 is 23.1 Å². The standard InChI is InChI=1S/C13H20N2O5S/c1-3-5-15(12-9-20-8-11(12)13(16)17)21(18,19)10-4-6-14(2)7-10/h4,6-7,11-12H,3,5,8-9H2,1-2H3,(H,16,17). The van der Waals surface area contributed by atoms with Crippen LogP contribution < -0.4 is 0 Å². The Morgan fingerprint density at radius 1 is 1.52 bits per heavy atom. The monoisotopic (exact) mass is 316 g/mol. The molecule has 118 valence electrons. The molecule has 1 aromatic heterocycles. The fourth-order valence-electron chi connectivity index (χ4n) is 2.51. The van der Waals surface area contributed by atoms with Crippen LogP contribution in [0.2, 0.25) is 0 Å². The minimum atomic E-state index is -3.72. The molecule has 1 aromatic rings. The molecule has 2 heterocycles. The number of nitrogens with zero attached hydrogens (tertiary/aromatic N) is 2. The third-order valence-electron chi connectivity index (χ3n) is 3.59. The Balaban J connectivity index is 2.36. The third kappa shape index (κ3) is 3.12. The lowest BCUT2D eigenvalue weighted by Gasteiger charge is -2.28. The van der Waals surface area contributed by atoms with Gasteiger partial charge >= 0.3 is 5.97 Å². The van der Waals surface area contributed by atoms with Gasteiger partial charge in [0.05, 0.1) is 30.1 Å². The molecule has 7 nitrogen and oxygen atoms in total. The number of rotatable bonds is 6. The van der Waals surface area contributed by atoms with Crippen LogP contribution >= 0.6 is 0 Å². The van der Waals surface area contributed by atoms with E-state index in [9.17, 15) is 18.3 Å². The van der Waals surface area contributed by atoms with Crippen LogP contribution in [-0.4, -0.2) is 54.2 Å². The highest BCUT2D eigenvalue weighted by Gasteiger charge is 2.43. The lowest BCUT2D eigenvalue weighted by molar-refractivity contribution is -0.142. The Labute approximate surface area is 124 Å². The van der Waals surface area contributed by atoms with Gasteiger partial charge in [0.25, 0.3) is 0 Å². The second kappa shape index (κ2) is 6.17. The van der Waals surface area contributed by atoms with Gasteiger partial charge in [0.1, 0.15) is 0 Å². The summed E-state index contributed by atoms with van der Waals surface area (Å²) in [7, 11) is -1.99. The van der Waals surface area contributed by atoms with Crippen molar-refractivity contribution in [2.45, 2.75) is 24.3 Å². The van der Waals surface area contributed by atoms with E-state index in [1.807, 2.05) is 6.92 Å². The topological polar surface area (TPSA) is 88.8 Å². The predicted octanol–water partition coefficient (Wildman–Crippen LogP) is 0.525. The number of sulfonamides is 1. The van der Waals surface area contributed by atoms with E-state index in [1.165, 1.54) is 16.6 Å². The van der Waals surface area contributed by atoms with Crippen LogP contribution in [-0.2, 0) is 26.6 Å². The van der Waals surface area contributed by atoms with E-state index < -0.39 is 28.0 Å². The van der Waals surface area contributed by atoms with Gasteiger partial charge in [-0.15, -0.1) is 0 Å². The molecule has 1 saturated heterocycles. The summed E-state index contributed by atoms with van der Waals surface area (Å²) in [6.45, 7) is 2.29. The molecule has 1 aliphatic heterocycles. The highest BCUT2D eigenvalue weighted by molar-refractivity contribution is 7.89. The van der Waals surface area contributed by atoms with Crippen molar-refractivity contribution in [2.75, 3.05) is 19.8 Å². The third-order valence-corrected chi connectivity index (χ3v) is 5.50. The minimum Gasteiger partial charge on any atom is -0.481 e. The minimum absolute atomic E-state index is 0.0462. The molecule has 2 atom stereocenters. The Hall–Kier alpha value is -1.38. The predicted molar refractivity (Wildman–Crippen MR) is 75.3 cm³/mol. The number of carboxylic acid groups (broad SMARTS) is 1. The van der Waals surface area contributed by atoms with Gasteiger partial charge in [-0.3, -0.25) is 4.79 Å². The van der Waals surface area contributed by atoms with Crippen molar-refractivity contribution in [3.63, 3.8) is 0 Å². The van der Waals surface area contributed by atoms with E-state index >= 15 is 0 Å². The van der Waals surface area contributed by atoms with Crippen molar-refractivity contribution in [1.29, 1.82) is 0 Å². The van der Waals surface area contributed by atoms with Crippen molar-refractivity contribution in [1.82, 2.24) is 8.87 Å². The van der Waals surface area contributed by atoms with Crippen LogP contribution in [0, 0.1) is 5.92 Å². The van der Waals surface area contributed by atoms with Crippen molar-refractivity contribution in [3.8, 4) is 0 Å². The van der Waals surface area contributed by atoms with Gasteiger partial charge in [0, 0.05) is 26.0 Å². The quantitative estimate of drug-likeness (QED) is 0.827. The zero-order valence-corrected chi connectivity index (χ0v) is 12.9. The van der Waals surface area contributed by atoms with Gasteiger partial charge in [0.2, 0.25) is 10.0 Å². The molecule has 0 bridgehead atoms. The second-order valence-corrected chi connectivity index (χ2v) is 7.07. The fraction of sp³-hybridized carbons (Fsp3) is 0.615. The smallest absolute Gasteiger partial charge is 0.310 e. The molecule has 2 unspecified atom stereocenters. The summed E-state index contributed by atoms with van der Waals surface area (Å²) in [6.07, 6.45) is 3.77. The van der Waals surface area contributed by atoms with Gasteiger partial charge in [0.15, 0.2) is 0 Å². The first-order valence-electron chi connectivity index (χ1n) is 6.82. The van der Waals surface area contributed by atoms with Crippen LogP contribution in [0.15, 0.2) is 23.4 Å². The van der Waals surface area contributed by atoms with Crippen LogP contribution in [0.5, 0.6) is 0 Å². The Bertz CT molecular complexity index is 610. The Morgan fingerprint density at radius 2 is 2.24 bits per heavy atom. The normalized spacial score (nSPS) is 22.8. The molecule has 1 aliphatic rings. The first-order valence-corrected chi connectivity index (χ1v) is 8.26. The summed E-state index contributed by atoms with van der Waals surface area (Å²) in [5.41, 5.74) is 0. The summed E-state index contributed by atoms with van der Waals surface area (Å²) < 4.78 is 33.6. The van der Waals surface area contributed by atoms with E-state index in [-0.39, 0.29) is 24.7 Å². The maximum atomic E-state index is 12.8. The highest BCUT2D eigenvalue weighted by atomic mass is 32.2. The van der Waals surface area contributed by atoms with E-state index in [4.69, 9.17) is 4.74 Å². The van der Waals surface area contributed by atoms with Gasteiger partial charge in [-0.25, -0.2) is 8.42 Å². The summed E-state index contributed by atoms with van der Waals surface area (Å²) in [5.74, 6) is -1.85. The molecule has 2 rings (SSSR count). The zero-order chi connectivity index (χ0) is 15.6. The van der Waals surface area contributed by atoms with Crippen molar-refractivity contribution in [3.05, 3.63) is 18.5 Å². The first kappa shape index (κ1) is 16.0. The lowest BCUT2D eigenvalue weighted by Crippen LogP contribution is -2.46. The number of ether oxygens (including phenoxy) is 1. The van der Waals surface area contributed by atoms with E-state index in [0.29, 0.717) is 6.42 Å². The van der Waals surface area contributed by atoms with Gasteiger partial charge in [-0.2, -0.15) is 4.31 Å². The average molecular weight is 316 g/mol. The summed E-state index contributed by atoms with van der Waals surface area (Å²) >= 11 is 0. The average Bonchev–Trinajstić information content (AvgIpc) is 3.04. The van der Waals surface area contributed by atoms with Gasteiger partial charge < -0.3 is 14.4 Å². The number of carboxylic acids is 1. The Kier molecular flexibility index (Phi) is 4.70. The molecule has 1 N–H and O–H groups in total. The van der Waals surface area contributed by atoms with Crippen LogP contribution in [0.25, 0.3) is 0 Å². The van der Waals surface area contributed by atoms with Gasteiger partial charge in [-0.05, 0) is 12.5 Å². The number of aryl methyl sites for hydroxylation is 1. The number of carbonyl (C=O) groups is 1. The summed E-state index contributed by atoms with van der Waals surface area (Å²) in [5, 5.41) is 9.24. The SMILES string of the molecule is CCCN(C1COCC1C(=O)O)S(=O)(=O)c1ccn(C)c1. The molecule has 21 heavy (non-hydrogen) atoms. The van der Waals surface area contributed by atoms with E-state index in [2.05, 4.69) is 0 Å². The number of hydrogen-bond acceptors (Lipinski definition) is 4. The lowest BCUT2D eigenvalue weighted by atomic mass is 10.0. The zero-order valence-electron chi connectivity index (χ0n) is 12.1. The molecule has 0 aliphatic carbocycles. The largest absolute Gasteiger partial charge is 0.481 e. The molecular formula is C13H20N2O5S. The molecule has 8 heteroatoms. The molecular weight excluding hydrogens is 296 g/mol. The number of aromatic nitrogens is 1. The highest BCUT2D eigenvalue weighted by Crippen LogP contribution is 2.26. The Morgan fingerprint density at radius 3 is 2.76 bits per heavy atom. The maximum absolute atomic E-state index is 12.8. The maximum Gasteiger partial charge on any atom is 0.310 e. The number of hydrogen-bond donors (Lipinski definition) is 1.